The molecule has 2 aromatic rings. The Hall–Kier alpha value is -1.78. The lowest BCUT2D eigenvalue weighted by molar-refractivity contribution is 0.167. The Bertz CT molecular complexity index is 536. The molecule has 0 aliphatic heterocycles. The average Bonchev–Trinajstić information content (AvgIpc) is 2.36. The highest BCUT2D eigenvalue weighted by Gasteiger charge is 2.05. The van der Waals surface area contributed by atoms with Crippen molar-refractivity contribution in [2.45, 2.75) is 25.4 Å². The Morgan fingerprint density at radius 3 is 2.65 bits per heavy atom. The van der Waals surface area contributed by atoms with Crippen LogP contribution in [0.2, 0.25) is 0 Å². The fourth-order valence-electron chi connectivity index (χ4n) is 1.99. The summed E-state index contributed by atoms with van der Waals surface area (Å²) < 4.78 is 0. The fourth-order valence-corrected chi connectivity index (χ4v) is 1.99. The van der Waals surface area contributed by atoms with Gasteiger partial charge >= 0.3 is 0 Å². The van der Waals surface area contributed by atoms with Gasteiger partial charge in [0, 0.05) is 6.42 Å². The van der Waals surface area contributed by atoms with Crippen LogP contribution in [0, 0.1) is 12.3 Å². The molecule has 0 saturated heterocycles. The lowest BCUT2D eigenvalue weighted by Crippen LogP contribution is -2.09. The van der Waals surface area contributed by atoms with Gasteiger partial charge in [-0.15, -0.1) is 12.3 Å². The van der Waals surface area contributed by atoms with Gasteiger partial charge in [0.05, 0.1) is 6.10 Å². The van der Waals surface area contributed by atoms with Crippen molar-refractivity contribution in [3.05, 3.63) is 48.0 Å². The molecule has 1 N–H and O–H groups in total. The van der Waals surface area contributed by atoms with Crippen LogP contribution in [0.3, 0.4) is 0 Å². The molecule has 0 amide bonds. The molecule has 0 saturated carbocycles. The van der Waals surface area contributed by atoms with Crippen molar-refractivity contribution in [3.63, 3.8) is 0 Å². The van der Waals surface area contributed by atoms with E-state index in [2.05, 4.69) is 36.3 Å². The number of aliphatic hydroxyl groups is 1. The van der Waals surface area contributed by atoms with E-state index in [9.17, 15) is 5.11 Å². The van der Waals surface area contributed by atoms with Gasteiger partial charge < -0.3 is 5.11 Å². The van der Waals surface area contributed by atoms with Gasteiger partial charge in [-0.1, -0.05) is 42.5 Å². The Labute approximate surface area is 102 Å². The first-order valence-electron chi connectivity index (χ1n) is 5.89. The van der Waals surface area contributed by atoms with Gasteiger partial charge in [0.1, 0.15) is 0 Å². The Morgan fingerprint density at radius 2 is 1.88 bits per heavy atom. The van der Waals surface area contributed by atoms with Crippen molar-refractivity contribution in [1.29, 1.82) is 0 Å². The fraction of sp³-hybridized carbons (Fsp3) is 0.250. The molecule has 0 fully saturated rings. The van der Waals surface area contributed by atoms with Gasteiger partial charge in [0.25, 0.3) is 0 Å². The zero-order valence-electron chi connectivity index (χ0n) is 9.76. The van der Waals surface area contributed by atoms with Crippen molar-refractivity contribution in [2.75, 3.05) is 0 Å². The summed E-state index contributed by atoms with van der Waals surface area (Å²) in [6.07, 6.45) is 6.82. The number of fused-ring (bicyclic) bond motifs is 1. The lowest BCUT2D eigenvalue weighted by Gasteiger charge is -2.09. The van der Waals surface area contributed by atoms with E-state index in [1.807, 2.05) is 12.1 Å². The number of hydrogen-bond donors (Lipinski definition) is 1. The van der Waals surface area contributed by atoms with Crippen LogP contribution in [0.25, 0.3) is 10.8 Å². The van der Waals surface area contributed by atoms with Gasteiger partial charge in [0.15, 0.2) is 0 Å². The van der Waals surface area contributed by atoms with Crippen molar-refractivity contribution in [2.24, 2.45) is 0 Å². The molecule has 0 radical (unpaired) electrons. The molecule has 1 unspecified atom stereocenters. The highest BCUT2D eigenvalue weighted by Crippen LogP contribution is 2.17. The highest BCUT2D eigenvalue weighted by molar-refractivity contribution is 5.82. The van der Waals surface area contributed by atoms with Crippen LogP contribution >= 0.6 is 0 Å². The molecule has 2 rings (SSSR count). The average molecular weight is 224 g/mol. The van der Waals surface area contributed by atoms with Crippen LogP contribution in [0.15, 0.2) is 42.5 Å². The number of terminal acetylenes is 1. The van der Waals surface area contributed by atoms with E-state index in [4.69, 9.17) is 6.42 Å². The zero-order valence-corrected chi connectivity index (χ0v) is 9.76. The van der Waals surface area contributed by atoms with Crippen LogP contribution in [0.4, 0.5) is 0 Å². The van der Waals surface area contributed by atoms with E-state index < -0.39 is 0 Å². The predicted octanol–water partition coefficient (Wildman–Crippen LogP) is 3.16. The molecule has 0 aromatic heterocycles. The van der Waals surface area contributed by atoms with E-state index in [-0.39, 0.29) is 6.10 Å². The second-order valence-corrected chi connectivity index (χ2v) is 4.28. The summed E-state index contributed by atoms with van der Waals surface area (Å²) in [5.74, 6) is 2.55. The monoisotopic (exact) mass is 224 g/mol. The molecule has 0 aliphatic carbocycles. The third kappa shape index (κ3) is 3.09. The summed E-state index contributed by atoms with van der Waals surface area (Å²) >= 11 is 0. The summed E-state index contributed by atoms with van der Waals surface area (Å²) in [7, 11) is 0. The lowest BCUT2D eigenvalue weighted by atomic mass is 10.0. The van der Waals surface area contributed by atoms with Crippen LogP contribution in [0.1, 0.15) is 18.4 Å². The maximum atomic E-state index is 9.81. The van der Waals surface area contributed by atoms with E-state index >= 15 is 0 Å². The third-order valence-corrected chi connectivity index (χ3v) is 2.91. The maximum Gasteiger partial charge on any atom is 0.0589 e. The van der Waals surface area contributed by atoms with Crippen LogP contribution < -0.4 is 0 Å². The summed E-state index contributed by atoms with van der Waals surface area (Å²) in [6.45, 7) is 0. The standard InChI is InChI=1S/C16H16O/c1-2-3-8-16(17)12-13-9-10-14-6-4-5-7-15(14)11-13/h1,4-7,9-11,16-17H,3,8,12H2. The van der Waals surface area contributed by atoms with E-state index in [1.165, 1.54) is 10.8 Å². The summed E-state index contributed by atoms with van der Waals surface area (Å²) in [5, 5.41) is 12.3. The molecule has 2 aromatic carbocycles. The molecular weight excluding hydrogens is 208 g/mol. The predicted molar refractivity (Wildman–Crippen MR) is 71.7 cm³/mol. The minimum Gasteiger partial charge on any atom is -0.393 e. The summed E-state index contributed by atoms with van der Waals surface area (Å²) in [4.78, 5) is 0. The number of rotatable bonds is 4. The first kappa shape index (κ1) is 11.7. The first-order chi connectivity index (χ1) is 8.29. The van der Waals surface area contributed by atoms with Gasteiger partial charge in [-0.25, -0.2) is 0 Å². The van der Waals surface area contributed by atoms with Gasteiger partial charge in [-0.2, -0.15) is 0 Å². The molecule has 0 spiro atoms. The van der Waals surface area contributed by atoms with Crippen LogP contribution in [-0.2, 0) is 6.42 Å². The topological polar surface area (TPSA) is 20.2 Å². The van der Waals surface area contributed by atoms with E-state index in [0.29, 0.717) is 19.3 Å². The maximum absolute atomic E-state index is 9.81. The van der Waals surface area contributed by atoms with Gasteiger partial charge in [-0.05, 0) is 29.2 Å². The Balaban J connectivity index is 2.11. The van der Waals surface area contributed by atoms with Crippen LogP contribution in [-0.4, -0.2) is 11.2 Å². The quantitative estimate of drug-likeness (QED) is 0.791. The van der Waals surface area contributed by atoms with Crippen molar-refractivity contribution < 1.29 is 5.11 Å². The van der Waals surface area contributed by atoms with Gasteiger partial charge in [-0.3, -0.25) is 0 Å². The Kier molecular flexibility index (Phi) is 3.80. The smallest absolute Gasteiger partial charge is 0.0589 e. The SMILES string of the molecule is C#CCCC(O)Cc1ccc2ccccc2c1. The van der Waals surface area contributed by atoms with Crippen LogP contribution in [0.5, 0.6) is 0 Å². The molecule has 1 nitrogen and oxygen atoms in total. The molecule has 0 aliphatic rings. The largest absolute Gasteiger partial charge is 0.393 e. The number of benzene rings is 2. The van der Waals surface area contributed by atoms with E-state index in [1.54, 1.807) is 0 Å². The second-order valence-electron chi connectivity index (χ2n) is 4.28. The van der Waals surface area contributed by atoms with Gasteiger partial charge in [0.2, 0.25) is 0 Å². The molecule has 86 valence electrons. The van der Waals surface area contributed by atoms with Crippen molar-refractivity contribution in [3.8, 4) is 12.3 Å². The molecule has 1 atom stereocenters. The highest BCUT2D eigenvalue weighted by atomic mass is 16.3. The molecule has 0 heterocycles. The van der Waals surface area contributed by atoms with Crippen molar-refractivity contribution >= 4 is 10.8 Å². The molecular formula is C16H16O. The molecule has 0 bridgehead atoms. The molecule has 1 heteroatoms. The number of aliphatic hydroxyl groups excluding tert-OH is 1. The summed E-state index contributed by atoms with van der Waals surface area (Å²) in [6, 6.07) is 14.5. The first-order valence-corrected chi connectivity index (χ1v) is 5.89. The number of hydrogen-bond acceptors (Lipinski definition) is 1. The van der Waals surface area contributed by atoms with E-state index in [0.717, 1.165) is 5.56 Å². The second kappa shape index (κ2) is 5.52. The minimum absolute atomic E-state index is 0.341. The Morgan fingerprint density at radius 1 is 1.12 bits per heavy atom. The summed E-state index contributed by atoms with van der Waals surface area (Å²) in [5.41, 5.74) is 1.16. The molecule has 17 heavy (non-hydrogen) atoms. The zero-order chi connectivity index (χ0) is 12.1. The normalized spacial score (nSPS) is 12.2. The third-order valence-electron chi connectivity index (χ3n) is 2.91. The minimum atomic E-state index is -0.341. The van der Waals surface area contributed by atoms with Crippen molar-refractivity contribution in [1.82, 2.24) is 0 Å².